The van der Waals surface area contributed by atoms with Gasteiger partial charge in [0.15, 0.2) is 5.78 Å². The number of halogens is 3. The first-order valence-corrected chi connectivity index (χ1v) is 9.20. The molecule has 0 fully saturated rings. The number of carbonyl (C=O) groups excluding carboxylic acids is 1. The fourth-order valence-electron chi connectivity index (χ4n) is 2.30. The number of aliphatic carboxylic acids is 2. The molecule has 0 unspecified atom stereocenters. The molecule has 28 heavy (non-hydrogen) atoms. The van der Waals surface area contributed by atoms with Crippen LogP contribution >= 0.6 is 0 Å². The van der Waals surface area contributed by atoms with E-state index in [0.29, 0.717) is 18.4 Å². The zero-order chi connectivity index (χ0) is 21.4. The zero-order valence-corrected chi connectivity index (χ0v) is 15.7. The summed E-state index contributed by atoms with van der Waals surface area (Å²) in [5, 5.41) is 16.7. The zero-order valence-electron chi connectivity index (χ0n) is 15.7. The van der Waals surface area contributed by atoms with Crippen LogP contribution in [0.1, 0.15) is 74.6 Å². The highest BCUT2D eigenvalue weighted by atomic mass is 19.4. The summed E-state index contributed by atoms with van der Waals surface area (Å²) in [7, 11) is 0. The number of hydrogen-bond donors (Lipinski definition) is 2. The summed E-state index contributed by atoms with van der Waals surface area (Å²) in [5.41, 5.74) is 0.573. The molecule has 1 aromatic carbocycles. The third kappa shape index (κ3) is 17.1. The molecule has 0 radical (unpaired) electrons. The Hall–Kier alpha value is -2.38. The van der Waals surface area contributed by atoms with Crippen LogP contribution in [-0.4, -0.2) is 34.1 Å². The van der Waals surface area contributed by atoms with E-state index in [1.54, 1.807) is 24.3 Å². The Morgan fingerprint density at radius 2 is 1.21 bits per heavy atom. The van der Waals surface area contributed by atoms with Gasteiger partial charge in [-0.2, -0.15) is 13.2 Å². The summed E-state index contributed by atoms with van der Waals surface area (Å²) in [5.74, 6) is -1.88. The molecule has 0 aliphatic heterocycles. The maximum Gasteiger partial charge on any atom is 0.389 e. The van der Waals surface area contributed by atoms with Crippen LogP contribution < -0.4 is 0 Å². The molecule has 0 bridgehead atoms. The first-order chi connectivity index (χ1) is 13.1. The second-order valence-electron chi connectivity index (χ2n) is 6.31. The van der Waals surface area contributed by atoms with Crippen LogP contribution in [0.25, 0.3) is 0 Å². The maximum atomic E-state index is 11.7. The molecule has 0 aliphatic carbocycles. The maximum absolute atomic E-state index is 11.7. The molecule has 0 aromatic heterocycles. The molecule has 1 aromatic rings. The number of carboxylic acid groups (broad SMARTS) is 2. The van der Waals surface area contributed by atoms with E-state index in [9.17, 15) is 27.6 Å². The molecule has 158 valence electrons. The molecule has 0 aliphatic rings. The summed E-state index contributed by atoms with van der Waals surface area (Å²) in [6.45, 7) is 0. The molecular formula is C20H27F3O5. The smallest absolute Gasteiger partial charge is 0.389 e. The second-order valence-corrected chi connectivity index (χ2v) is 6.31. The van der Waals surface area contributed by atoms with Crippen LogP contribution in [-0.2, 0) is 9.59 Å². The van der Waals surface area contributed by atoms with E-state index >= 15 is 0 Å². The minimum absolute atomic E-state index is 0.0688. The summed E-state index contributed by atoms with van der Waals surface area (Å²) in [4.78, 5) is 31.6. The number of benzene rings is 1. The standard InChI is InChI=1S/C10H17F3O2.C10H10O3/c11-10(12,13)8-6-4-2-1-3-5-7-9(14)15;11-9(6-7-10(12)13)8-4-2-1-3-5-8/h1-8H2,(H,14,15);1-5H,6-7H2,(H,12,13). The van der Waals surface area contributed by atoms with Crippen LogP contribution in [0.2, 0.25) is 0 Å². The summed E-state index contributed by atoms with van der Waals surface area (Å²) in [6.07, 6.45) is -0.871. The van der Waals surface area contributed by atoms with Crippen molar-refractivity contribution in [2.45, 2.75) is 70.4 Å². The van der Waals surface area contributed by atoms with Crippen molar-refractivity contribution in [3.63, 3.8) is 0 Å². The Kier molecular flexibility index (Phi) is 13.4. The lowest BCUT2D eigenvalue weighted by molar-refractivity contribution is -0.138. The van der Waals surface area contributed by atoms with E-state index in [1.165, 1.54) is 0 Å². The number of rotatable bonds is 12. The van der Waals surface area contributed by atoms with Crippen molar-refractivity contribution in [1.29, 1.82) is 0 Å². The normalized spacial score (nSPS) is 10.7. The Balaban J connectivity index is 0.000000525. The fourth-order valence-corrected chi connectivity index (χ4v) is 2.30. The van der Waals surface area contributed by atoms with Crippen molar-refractivity contribution in [2.75, 3.05) is 0 Å². The first-order valence-electron chi connectivity index (χ1n) is 9.20. The number of carboxylic acids is 2. The molecule has 8 heteroatoms. The summed E-state index contributed by atoms with van der Waals surface area (Å²) in [6, 6.07) is 8.70. The van der Waals surface area contributed by atoms with Crippen molar-refractivity contribution >= 4 is 17.7 Å². The van der Waals surface area contributed by atoms with Gasteiger partial charge in [0.2, 0.25) is 0 Å². The molecule has 5 nitrogen and oxygen atoms in total. The lowest BCUT2D eigenvalue weighted by Gasteiger charge is -2.05. The van der Waals surface area contributed by atoms with Crippen molar-refractivity contribution in [3.05, 3.63) is 35.9 Å². The number of ketones is 1. The first kappa shape index (κ1) is 25.6. The topological polar surface area (TPSA) is 91.7 Å². The van der Waals surface area contributed by atoms with Gasteiger partial charge in [-0.1, -0.05) is 56.0 Å². The van der Waals surface area contributed by atoms with Crippen molar-refractivity contribution in [2.24, 2.45) is 0 Å². The van der Waals surface area contributed by atoms with Crippen molar-refractivity contribution in [3.8, 4) is 0 Å². The van der Waals surface area contributed by atoms with Gasteiger partial charge in [0.25, 0.3) is 0 Å². The predicted octanol–water partition coefficient (Wildman–Crippen LogP) is 5.49. The highest BCUT2D eigenvalue weighted by Crippen LogP contribution is 2.23. The lowest BCUT2D eigenvalue weighted by atomic mass is 10.1. The third-order valence-corrected chi connectivity index (χ3v) is 3.76. The Labute approximate surface area is 162 Å². The van der Waals surface area contributed by atoms with E-state index < -0.39 is 24.5 Å². The van der Waals surface area contributed by atoms with Gasteiger partial charge in [0.05, 0.1) is 6.42 Å². The van der Waals surface area contributed by atoms with Crippen molar-refractivity contribution < 1.29 is 37.8 Å². The lowest BCUT2D eigenvalue weighted by Crippen LogP contribution is -2.06. The molecule has 0 saturated heterocycles. The fraction of sp³-hybridized carbons (Fsp3) is 0.550. The molecule has 0 saturated carbocycles. The quantitative estimate of drug-likeness (QED) is 0.355. The Morgan fingerprint density at radius 1 is 0.714 bits per heavy atom. The molecule has 1 rings (SSSR count). The monoisotopic (exact) mass is 404 g/mol. The Bertz CT molecular complexity index is 585. The second kappa shape index (κ2) is 14.6. The number of Topliss-reactive ketones (excluding diaryl/α,β-unsaturated/α-hetero) is 1. The minimum Gasteiger partial charge on any atom is -0.481 e. The summed E-state index contributed by atoms with van der Waals surface area (Å²) >= 11 is 0. The van der Waals surface area contributed by atoms with Gasteiger partial charge in [0.1, 0.15) is 0 Å². The SMILES string of the molecule is O=C(O)CCC(=O)c1ccccc1.O=C(O)CCCCCCCCC(F)(F)F. The van der Waals surface area contributed by atoms with Crippen LogP contribution in [0.15, 0.2) is 30.3 Å². The Morgan fingerprint density at radius 3 is 1.71 bits per heavy atom. The van der Waals surface area contributed by atoms with Crippen LogP contribution in [0.5, 0.6) is 0 Å². The van der Waals surface area contributed by atoms with Gasteiger partial charge in [-0.25, -0.2) is 0 Å². The molecule has 0 atom stereocenters. The summed E-state index contributed by atoms with van der Waals surface area (Å²) < 4.78 is 35.1. The van der Waals surface area contributed by atoms with E-state index in [0.717, 1.165) is 19.3 Å². The third-order valence-electron chi connectivity index (χ3n) is 3.76. The van der Waals surface area contributed by atoms with Crippen LogP contribution in [0, 0.1) is 0 Å². The molecular weight excluding hydrogens is 377 g/mol. The van der Waals surface area contributed by atoms with Gasteiger partial charge in [0, 0.05) is 24.8 Å². The predicted molar refractivity (Wildman–Crippen MR) is 98.3 cm³/mol. The number of carbonyl (C=O) groups is 3. The van der Waals surface area contributed by atoms with Gasteiger partial charge in [-0.15, -0.1) is 0 Å². The van der Waals surface area contributed by atoms with Gasteiger partial charge < -0.3 is 10.2 Å². The molecule has 0 amide bonds. The molecule has 0 spiro atoms. The van der Waals surface area contributed by atoms with Gasteiger partial charge in [-0.3, -0.25) is 14.4 Å². The van der Waals surface area contributed by atoms with Gasteiger partial charge in [-0.05, 0) is 12.8 Å². The largest absolute Gasteiger partial charge is 0.481 e. The highest BCUT2D eigenvalue weighted by Gasteiger charge is 2.25. The highest BCUT2D eigenvalue weighted by molar-refractivity contribution is 5.97. The number of alkyl halides is 3. The number of unbranched alkanes of at least 4 members (excludes halogenated alkanes) is 5. The van der Waals surface area contributed by atoms with Crippen LogP contribution in [0.4, 0.5) is 13.2 Å². The van der Waals surface area contributed by atoms with Crippen molar-refractivity contribution in [1.82, 2.24) is 0 Å². The van der Waals surface area contributed by atoms with Gasteiger partial charge >= 0.3 is 18.1 Å². The average Bonchev–Trinajstić information content (AvgIpc) is 2.62. The van der Waals surface area contributed by atoms with Crippen LogP contribution in [0.3, 0.4) is 0 Å². The average molecular weight is 404 g/mol. The molecule has 0 heterocycles. The van der Waals surface area contributed by atoms with E-state index in [1.807, 2.05) is 6.07 Å². The molecule has 2 N–H and O–H groups in total. The van der Waals surface area contributed by atoms with E-state index in [2.05, 4.69) is 0 Å². The van der Waals surface area contributed by atoms with E-state index in [4.69, 9.17) is 10.2 Å². The minimum atomic E-state index is -4.04. The van der Waals surface area contributed by atoms with E-state index in [-0.39, 0.29) is 31.5 Å². The number of hydrogen-bond acceptors (Lipinski definition) is 3.